The molecular formula is C73H52N4. The molecule has 0 aliphatic heterocycles. The third-order valence-electron chi connectivity index (χ3n) is 15.7. The summed E-state index contributed by atoms with van der Waals surface area (Å²) in [5.74, 6) is 1.74. The molecule has 14 rings (SSSR count). The van der Waals surface area contributed by atoms with Crippen LogP contribution in [0.15, 0.2) is 261 Å². The van der Waals surface area contributed by atoms with Crippen LogP contribution in [0.2, 0.25) is 0 Å². The van der Waals surface area contributed by atoms with Crippen LogP contribution in [-0.2, 0) is 5.41 Å². The van der Waals surface area contributed by atoms with Crippen LogP contribution in [0.1, 0.15) is 30.5 Å². The molecule has 11 aromatic carbocycles. The van der Waals surface area contributed by atoms with Gasteiger partial charge in [0.05, 0.1) is 11.0 Å². The summed E-state index contributed by atoms with van der Waals surface area (Å²) in [4.78, 5) is 16.5. The summed E-state index contributed by atoms with van der Waals surface area (Å²) in [5, 5.41) is 2.33. The number of aryl methyl sites for hydroxylation is 1. The molecule has 0 bridgehead atoms. The molecule has 13 aromatic rings. The molecule has 1 aliphatic carbocycles. The summed E-state index contributed by atoms with van der Waals surface area (Å²) in [7, 11) is 0. The first-order valence-corrected chi connectivity index (χ1v) is 26.5. The topological polar surface area (TPSA) is 43.6 Å². The number of fused-ring (bicyclic) bond motifs is 6. The SMILES string of the molecule is Cc1ccc2c(c1)c1cc3c(cc1n2-c1nc(-c2cccc(-c4cc(-c5ccccc5)cc(-c5ccccc5)c4)c2)nc(-c2cccc(-c4cc(-c5ccccc5)cc(-c5ccccc5)c4)c2)n1)C(C)(C)c1ccccc1-3. The Kier molecular flexibility index (Phi) is 11.0. The van der Waals surface area contributed by atoms with Gasteiger partial charge in [-0.05, 0) is 169 Å². The van der Waals surface area contributed by atoms with E-state index < -0.39 is 0 Å². The summed E-state index contributed by atoms with van der Waals surface area (Å²) < 4.78 is 2.27. The van der Waals surface area contributed by atoms with Crippen LogP contribution in [0.4, 0.5) is 0 Å². The van der Waals surface area contributed by atoms with Crippen LogP contribution in [0.3, 0.4) is 0 Å². The molecular weight excluding hydrogens is 933 g/mol. The summed E-state index contributed by atoms with van der Waals surface area (Å²) >= 11 is 0. The standard InChI is InChI=1S/C73H52N4/c1-47-34-35-68-64(36-47)65-45-63-62-32-16-17-33-66(62)73(2,3)67(63)46-69(65)77(68)72-75-70(54-30-18-28-52(37-54)60-41-56(48-20-8-4-9-21-48)39-57(42-60)49-22-10-5-11-23-49)74-71(76-72)55-31-19-29-53(38-55)61-43-58(50-24-12-6-13-25-50)40-59(44-61)51-26-14-7-15-27-51/h4-46H,1-3H3. The number of hydrogen-bond acceptors (Lipinski definition) is 3. The van der Waals surface area contributed by atoms with Gasteiger partial charge < -0.3 is 0 Å². The Labute approximate surface area is 449 Å². The predicted octanol–water partition coefficient (Wildman–Crippen LogP) is 18.9. The molecule has 0 radical (unpaired) electrons. The van der Waals surface area contributed by atoms with Crippen LogP contribution in [0.5, 0.6) is 0 Å². The van der Waals surface area contributed by atoms with Crippen LogP contribution in [0.25, 0.3) is 128 Å². The van der Waals surface area contributed by atoms with Gasteiger partial charge in [-0.2, -0.15) is 9.97 Å². The number of nitrogens with zero attached hydrogens (tertiary/aromatic N) is 4. The predicted molar refractivity (Wildman–Crippen MR) is 320 cm³/mol. The molecule has 0 saturated carbocycles. The maximum atomic E-state index is 5.54. The maximum absolute atomic E-state index is 5.54. The Morgan fingerprint density at radius 3 is 1.16 bits per heavy atom. The summed E-state index contributed by atoms with van der Waals surface area (Å²) in [6.45, 7) is 6.86. The fourth-order valence-corrected chi connectivity index (χ4v) is 11.7. The molecule has 0 spiro atoms. The van der Waals surface area contributed by atoms with E-state index in [-0.39, 0.29) is 5.41 Å². The number of aromatic nitrogens is 4. The van der Waals surface area contributed by atoms with Crippen molar-refractivity contribution < 1.29 is 0 Å². The zero-order chi connectivity index (χ0) is 51.6. The molecule has 77 heavy (non-hydrogen) atoms. The fourth-order valence-electron chi connectivity index (χ4n) is 11.7. The van der Waals surface area contributed by atoms with E-state index in [4.69, 9.17) is 15.0 Å². The molecule has 2 heterocycles. The summed E-state index contributed by atoms with van der Waals surface area (Å²) in [6.07, 6.45) is 0. The lowest BCUT2D eigenvalue weighted by molar-refractivity contribution is 0.661. The van der Waals surface area contributed by atoms with E-state index in [1.165, 1.54) is 55.5 Å². The van der Waals surface area contributed by atoms with Crippen molar-refractivity contribution >= 4 is 21.8 Å². The second-order valence-corrected chi connectivity index (χ2v) is 20.9. The first kappa shape index (κ1) is 45.8. The minimum atomic E-state index is -0.204. The Balaban J connectivity index is 0.981. The highest BCUT2D eigenvalue weighted by Gasteiger charge is 2.36. The molecule has 0 unspecified atom stereocenters. The zero-order valence-corrected chi connectivity index (χ0v) is 43.1. The van der Waals surface area contributed by atoms with Gasteiger partial charge in [-0.15, -0.1) is 0 Å². The van der Waals surface area contributed by atoms with Gasteiger partial charge in [0.25, 0.3) is 0 Å². The van der Waals surface area contributed by atoms with Gasteiger partial charge in [0.15, 0.2) is 11.6 Å². The van der Waals surface area contributed by atoms with Gasteiger partial charge in [-0.1, -0.05) is 207 Å². The first-order valence-electron chi connectivity index (χ1n) is 26.5. The first-order chi connectivity index (χ1) is 37.8. The Bertz CT molecular complexity index is 4100. The third-order valence-corrected chi connectivity index (χ3v) is 15.7. The van der Waals surface area contributed by atoms with E-state index in [1.807, 2.05) is 0 Å². The monoisotopic (exact) mass is 984 g/mol. The molecule has 1 aliphatic rings. The van der Waals surface area contributed by atoms with E-state index in [0.29, 0.717) is 17.6 Å². The average Bonchev–Trinajstić information content (AvgIpc) is 4.18. The lowest BCUT2D eigenvalue weighted by Gasteiger charge is -2.21. The molecule has 0 fully saturated rings. The minimum absolute atomic E-state index is 0.204. The molecule has 4 heteroatoms. The smallest absolute Gasteiger partial charge is 0.238 e. The van der Waals surface area contributed by atoms with Gasteiger partial charge in [-0.25, -0.2) is 4.98 Å². The normalized spacial score (nSPS) is 12.5. The van der Waals surface area contributed by atoms with Crippen molar-refractivity contribution in [3.8, 4) is 107 Å². The third kappa shape index (κ3) is 8.23. The van der Waals surface area contributed by atoms with Crippen LogP contribution in [0, 0.1) is 6.92 Å². The number of rotatable bonds is 9. The van der Waals surface area contributed by atoms with Gasteiger partial charge in [0.1, 0.15) is 0 Å². The van der Waals surface area contributed by atoms with Crippen LogP contribution >= 0.6 is 0 Å². The van der Waals surface area contributed by atoms with Crippen molar-refractivity contribution in [3.05, 3.63) is 278 Å². The molecule has 4 nitrogen and oxygen atoms in total. The zero-order valence-electron chi connectivity index (χ0n) is 43.1. The molecule has 2 aromatic heterocycles. The van der Waals surface area contributed by atoms with Crippen molar-refractivity contribution in [1.29, 1.82) is 0 Å². The second-order valence-electron chi connectivity index (χ2n) is 20.9. The van der Waals surface area contributed by atoms with E-state index in [1.54, 1.807) is 0 Å². The van der Waals surface area contributed by atoms with Crippen molar-refractivity contribution in [2.75, 3.05) is 0 Å². The number of benzene rings is 11. The van der Waals surface area contributed by atoms with Gasteiger partial charge in [0.2, 0.25) is 5.95 Å². The van der Waals surface area contributed by atoms with E-state index in [0.717, 1.165) is 72.1 Å². The van der Waals surface area contributed by atoms with Gasteiger partial charge in [0, 0.05) is 27.3 Å². The van der Waals surface area contributed by atoms with Crippen LogP contribution in [-0.4, -0.2) is 19.5 Å². The van der Waals surface area contributed by atoms with E-state index in [9.17, 15) is 0 Å². The largest absolute Gasteiger partial charge is 0.278 e. The van der Waals surface area contributed by atoms with Gasteiger partial charge in [-0.3, -0.25) is 4.57 Å². The molecule has 364 valence electrons. The Morgan fingerprint density at radius 1 is 0.286 bits per heavy atom. The van der Waals surface area contributed by atoms with E-state index >= 15 is 0 Å². The van der Waals surface area contributed by atoms with Crippen LogP contribution < -0.4 is 0 Å². The Hall–Kier alpha value is -9.77. The highest BCUT2D eigenvalue weighted by molar-refractivity contribution is 6.11. The fraction of sp³-hybridized carbons (Fsp3) is 0.0548. The summed E-state index contributed by atoms with van der Waals surface area (Å²) in [6, 6.07) is 94.1. The number of hydrogen-bond donors (Lipinski definition) is 0. The highest BCUT2D eigenvalue weighted by atomic mass is 15.2. The Morgan fingerprint density at radius 2 is 0.675 bits per heavy atom. The second kappa shape index (κ2) is 18.6. The highest BCUT2D eigenvalue weighted by Crippen LogP contribution is 2.51. The summed E-state index contributed by atoms with van der Waals surface area (Å²) in [5.41, 5.74) is 23.7. The quantitative estimate of drug-likeness (QED) is 0.145. The van der Waals surface area contributed by atoms with Crippen molar-refractivity contribution in [1.82, 2.24) is 19.5 Å². The van der Waals surface area contributed by atoms with Crippen molar-refractivity contribution in [2.45, 2.75) is 26.2 Å². The molecule has 0 N–H and O–H groups in total. The van der Waals surface area contributed by atoms with Gasteiger partial charge >= 0.3 is 0 Å². The minimum Gasteiger partial charge on any atom is -0.278 e. The lowest BCUT2D eigenvalue weighted by Crippen LogP contribution is -2.15. The molecule has 0 atom stereocenters. The maximum Gasteiger partial charge on any atom is 0.238 e. The molecule has 0 amide bonds. The lowest BCUT2D eigenvalue weighted by atomic mass is 9.82. The molecule has 0 saturated heterocycles. The van der Waals surface area contributed by atoms with E-state index in [2.05, 4.69) is 286 Å². The van der Waals surface area contributed by atoms with Crippen molar-refractivity contribution in [2.24, 2.45) is 0 Å². The van der Waals surface area contributed by atoms with Crippen molar-refractivity contribution in [3.63, 3.8) is 0 Å². The average molecular weight is 985 g/mol.